The normalized spacial score (nSPS) is 10.8. The molecule has 0 heterocycles. The molecule has 0 radical (unpaired) electrons. The zero-order chi connectivity index (χ0) is 16.8. The molecule has 23 heavy (non-hydrogen) atoms. The number of unbranched alkanes of at least 4 members (excludes halogenated alkanes) is 15. The molecule has 0 aromatic carbocycles. The highest BCUT2D eigenvalue weighted by Gasteiger charge is 1.95. The van der Waals surface area contributed by atoms with Gasteiger partial charge in [0, 0.05) is 6.61 Å². The van der Waals surface area contributed by atoms with Crippen LogP contribution in [0.5, 0.6) is 0 Å². The highest BCUT2D eigenvalue weighted by atomic mass is 16.5. The predicted octanol–water partition coefficient (Wildman–Crippen LogP) is 7.18. The first-order chi connectivity index (χ1) is 11.4. The smallest absolute Gasteiger partial charge is 0.0645 e. The summed E-state index contributed by atoms with van der Waals surface area (Å²) in [6.07, 6.45) is 22.9. The summed E-state index contributed by atoms with van der Waals surface area (Å²) in [5.41, 5.74) is 0. The Morgan fingerprint density at radius 2 is 0.957 bits per heavy atom. The van der Waals surface area contributed by atoms with E-state index in [-0.39, 0.29) is 0 Å². The lowest BCUT2D eigenvalue weighted by Gasteiger charge is -2.04. The SMILES string of the molecule is CCCCCCCCCCCCCCCCCCOCCC#N. The van der Waals surface area contributed by atoms with E-state index in [0.717, 1.165) is 13.0 Å². The topological polar surface area (TPSA) is 33.0 Å². The van der Waals surface area contributed by atoms with Crippen LogP contribution >= 0.6 is 0 Å². The van der Waals surface area contributed by atoms with Gasteiger partial charge in [0.2, 0.25) is 0 Å². The minimum absolute atomic E-state index is 0.527. The van der Waals surface area contributed by atoms with Crippen LogP contribution in [0.3, 0.4) is 0 Å². The Kier molecular flexibility index (Phi) is 20.9. The zero-order valence-corrected chi connectivity index (χ0v) is 15.8. The molecule has 136 valence electrons. The van der Waals surface area contributed by atoms with E-state index in [2.05, 4.69) is 13.0 Å². The molecule has 0 bridgehead atoms. The Labute approximate surface area is 146 Å². The van der Waals surface area contributed by atoms with Gasteiger partial charge in [0.1, 0.15) is 0 Å². The van der Waals surface area contributed by atoms with Crippen molar-refractivity contribution in [1.82, 2.24) is 0 Å². The van der Waals surface area contributed by atoms with E-state index in [1.54, 1.807) is 0 Å². The lowest BCUT2D eigenvalue weighted by atomic mass is 10.0. The number of nitriles is 1. The van der Waals surface area contributed by atoms with Crippen molar-refractivity contribution in [2.45, 2.75) is 116 Å². The fraction of sp³-hybridized carbons (Fsp3) is 0.952. The van der Waals surface area contributed by atoms with Crippen molar-refractivity contribution < 1.29 is 4.74 Å². The van der Waals surface area contributed by atoms with Crippen LogP contribution in [0, 0.1) is 11.3 Å². The maximum Gasteiger partial charge on any atom is 0.0645 e. The summed E-state index contributed by atoms with van der Waals surface area (Å²) in [6.45, 7) is 3.72. The van der Waals surface area contributed by atoms with Gasteiger partial charge in [0.25, 0.3) is 0 Å². The first kappa shape index (κ1) is 22.4. The molecule has 0 saturated heterocycles. The van der Waals surface area contributed by atoms with Crippen LogP contribution in [0.25, 0.3) is 0 Å². The first-order valence-corrected chi connectivity index (χ1v) is 10.4. The van der Waals surface area contributed by atoms with Gasteiger partial charge in [-0.3, -0.25) is 0 Å². The molecule has 0 rings (SSSR count). The molecular weight excluding hydrogens is 282 g/mol. The lowest BCUT2D eigenvalue weighted by molar-refractivity contribution is 0.135. The second-order valence-corrected chi connectivity index (χ2v) is 6.82. The molecule has 0 aliphatic rings. The van der Waals surface area contributed by atoms with E-state index < -0.39 is 0 Å². The number of ether oxygens (including phenoxy) is 1. The molecule has 0 aliphatic carbocycles. The van der Waals surface area contributed by atoms with Crippen molar-refractivity contribution in [3.05, 3.63) is 0 Å². The van der Waals surface area contributed by atoms with Crippen LogP contribution in [-0.2, 0) is 4.74 Å². The minimum atomic E-state index is 0.527. The van der Waals surface area contributed by atoms with Gasteiger partial charge in [-0.25, -0.2) is 0 Å². The molecule has 0 amide bonds. The summed E-state index contributed by atoms with van der Waals surface area (Å²) in [4.78, 5) is 0. The molecular formula is C21H41NO. The Morgan fingerprint density at radius 3 is 1.35 bits per heavy atom. The monoisotopic (exact) mass is 323 g/mol. The number of nitrogens with zero attached hydrogens (tertiary/aromatic N) is 1. The highest BCUT2D eigenvalue weighted by molar-refractivity contribution is 4.66. The molecule has 0 aromatic rings. The van der Waals surface area contributed by atoms with Crippen LogP contribution in [0.15, 0.2) is 0 Å². The van der Waals surface area contributed by atoms with Crippen molar-refractivity contribution in [3.63, 3.8) is 0 Å². The molecule has 0 fully saturated rings. The molecule has 0 spiro atoms. The van der Waals surface area contributed by atoms with Gasteiger partial charge in [-0.1, -0.05) is 103 Å². The quantitative estimate of drug-likeness (QED) is 0.236. The lowest BCUT2D eigenvalue weighted by Crippen LogP contribution is -1.95. The maximum absolute atomic E-state index is 8.38. The van der Waals surface area contributed by atoms with Crippen molar-refractivity contribution in [2.24, 2.45) is 0 Å². The summed E-state index contributed by atoms with van der Waals surface area (Å²) < 4.78 is 5.37. The third-order valence-corrected chi connectivity index (χ3v) is 4.50. The van der Waals surface area contributed by atoms with Gasteiger partial charge in [-0.15, -0.1) is 0 Å². The Balaban J connectivity index is 2.94. The molecule has 0 aliphatic heterocycles. The van der Waals surface area contributed by atoms with Crippen LogP contribution in [-0.4, -0.2) is 13.2 Å². The van der Waals surface area contributed by atoms with E-state index >= 15 is 0 Å². The average Bonchev–Trinajstić information content (AvgIpc) is 2.57. The van der Waals surface area contributed by atoms with E-state index in [1.807, 2.05) is 0 Å². The van der Waals surface area contributed by atoms with Gasteiger partial charge in [-0.2, -0.15) is 5.26 Å². The highest BCUT2D eigenvalue weighted by Crippen LogP contribution is 2.13. The van der Waals surface area contributed by atoms with Crippen molar-refractivity contribution in [1.29, 1.82) is 5.26 Å². The van der Waals surface area contributed by atoms with Crippen LogP contribution in [0.1, 0.15) is 116 Å². The average molecular weight is 324 g/mol. The third-order valence-electron chi connectivity index (χ3n) is 4.50. The van der Waals surface area contributed by atoms with E-state index in [4.69, 9.17) is 10.00 Å². The van der Waals surface area contributed by atoms with E-state index in [1.165, 1.54) is 96.3 Å². The molecule has 2 nitrogen and oxygen atoms in total. The summed E-state index contributed by atoms with van der Waals surface area (Å²) >= 11 is 0. The van der Waals surface area contributed by atoms with Gasteiger partial charge in [0.05, 0.1) is 19.1 Å². The van der Waals surface area contributed by atoms with E-state index in [9.17, 15) is 0 Å². The van der Waals surface area contributed by atoms with Crippen molar-refractivity contribution in [3.8, 4) is 6.07 Å². The second kappa shape index (κ2) is 21.4. The van der Waals surface area contributed by atoms with Gasteiger partial charge in [-0.05, 0) is 6.42 Å². The number of hydrogen-bond donors (Lipinski definition) is 0. The Hall–Kier alpha value is -0.550. The molecule has 0 unspecified atom stereocenters. The number of rotatable bonds is 19. The standard InChI is InChI=1S/C21H41NO/c1-2-3-4-5-6-7-8-9-10-11-12-13-14-15-16-17-20-23-21-18-19-22/h2-18,20-21H2,1H3. The third kappa shape index (κ3) is 21.5. The Bertz CT molecular complexity index is 247. The molecule has 0 saturated carbocycles. The fourth-order valence-electron chi connectivity index (χ4n) is 2.97. The summed E-state index contributed by atoms with van der Waals surface area (Å²) in [5, 5.41) is 8.38. The number of hydrogen-bond acceptors (Lipinski definition) is 2. The van der Waals surface area contributed by atoms with Crippen molar-refractivity contribution >= 4 is 0 Å². The molecule has 0 atom stereocenters. The van der Waals surface area contributed by atoms with Gasteiger partial charge >= 0.3 is 0 Å². The molecule has 2 heteroatoms. The van der Waals surface area contributed by atoms with Crippen LogP contribution < -0.4 is 0 Å². The largest absolute Gasteiger partial charge is 0.380 e. The fourth-order valence-corrected chi connectivity index (χ4v) is 2.97. The molecule has 0 N–H and O–H groups in total. The van der Waals surface area contributed by atoms with E-state index in [0.29, 0.717) is 13.0 Å². The second-order valence-electron chi connectivity index (χ2n) is 6.82. The van der Waals surface area contributed by atoms with Crippen molar-refractivity contribution in [2.75, 3.05) is 13.2 Å². The summed E-state index contributed by atoms with van der Waals surface area (Å²) in [7, 11) is 0. The maximum atomic E-state index is 8.38. The zero-order valence-electron chi connectivity index (χ0n) is 15.8. The van der Waals surface area contributed by atoms with Gasteiger partial charge in [0.15, 0.2) is 0 Å². The molecule has 0 aromatic heterocycles. The summed E-state index contributed by atoms with van der Waals surface area (Å²) in [5.74, 6) is 0. The predicted molar refractivity (Wildman–Crippen MR) is 101 cm³/mol. The minimum Gasteiger partial charge on any atom is -0.380 e. The van der Waals surface area contributed by atoms with Crippen LogP contribution in [0.2, 0.25) is 0 Å². The first-order valence-electron chi connectivity index (χ1n) is 10.4. The Morgan fingerprint density at radius 1 is 0.565 bits per heavy atom. The van der Waals surface area contributed by atoms with Crippen LogP contribution in [0.4, 0.5) is 0 Å². The summed E-state index contributed by atoms with van der Waals surface area (Å²) in [6, 6.07) is 2.10. The van der Waals surface area contributed by atoms with Gasteiger partial charge < -0.3 is 4.74 Å².